The third-order valence-electron chi connectivity index (χ3n) is 6.04. The Kier molecular flexibility index (Phi) is 8.84. The molecule has 166 valence electrons. The highest BCUT2D eigenvalue weighted by Crippen LogP contribution is 2.20. The fourth-order valence-corrected chi connectivity index (χ4v) is 3.44. The van der Waals surface area contributed by atoms with Gasteiger partial charge in [0.05, 0.1) is 18.7 Å². The van der Waals surface area contributed by atoms with E-state index in [-0.39, 0.29) is 35.8 Å². The van der Waals surface area contributed by atoms with E-state index < -0.39 is 0 Å². The molecule has 0 aromatic heterocycles. The molecule has 0 saturated carbocycles. The fraction of sp³-hybridized carbons (Fsp3) is 0.609. The smallest absolute Gasteiger partial charge is 0.337 e. The predicted molar refractivity (Wildman–Crippen MR) is 116 cm³/mol. The third-order valence-corrected chi connectivity index (χ3v) is 6.04. The summed E-state index contributed by atoms with van der Waals surface area (Å²) in [6.45, 7) is 10.00. The van der Waals surface area contributed by atoms with E-state index in [4.69, 9.17) is 0 Å². The van der Waals surface area contributed by atoms with Gasteiger partial charge in [0.2, 0.25) is 11.8 Å². The number of ether oxygens (including phenoxy) is 1. The molecular formula is C23H35N3O4. The van der Waals surface area contributed by atoms with Gasteiger partial charge in [0.25, 0.3) is 0 Å². The van der Waals surface area contributed by atoms with E-state index in [1.165, 1.54) is 7.11 Å². The van der Waals surface area contributed by atoms with Crippen LogP contribution in [0.4, 0.5) is 0 Å². The average molecular weight is 418 g/mol. The molecule has 1 aliphatic rings. The van der Waals surface area contributed by atoms with E-state index in [0.717, 1.165) is 31.5 Å². The summed E-state index contributed by atoms with van der Waals surface area (Å²) in [5.74, 6) is 0.141. The lowest BCUT2D eigenvalue weighted by Crippen LogP contribution is -2.50. The van der Waals surface area contributed by atoms with E-state index in [2.05, 4.69) is 34.1 Å². The zero-order chi connectivity index (χ0) is 22.3. The number of nitrogens with one attached hydrogen (secondary N) is 2. The second-order valence-corrected chi connectivity index (χ2v) is 8.43. The van der Waals surface area contributed by atoms with Gasteiger partial charge in [0, 0.05) is 18.5 Å². The Morgan fingerprint density at radius 1 is 1.07 bits per heavy atom. The van der Waals surface area contributed by atoms with Crippen molar-refractivity contribution in [1.29, 1.82) is 0 Å². The number of carbonyl (C=O) groups excluding carboxylic acids is 3. The van der Waals surface area contributed by atoms with Gasteiger partial charge >= 0.3 is 5.97 Å². The fourth-order valence-electron chi connectivity index (χ4n) is 3.44. The number of rotatable bonds is 8. The van der Waals surface area contributed by atoms with Gasteiger partial charge in [0.15, 0.2) is 0 Å². The van der Waals surface area contributed by atoms with Crippen molar-refractivity contribution in [2.24, 2.45) is 11.8 Å². The Labute approximate surface area is 179 Å². The molecular weight excluding hydrogens is 382 g/mol. The van der Waals surface area contributed by atoms with Gasteiger partial charge < -0.3 is 15.4 Å². The van der Waals surface area contributed by atoms with Crippen LogP contribution < -0.4 is 10.6 Å². The normalized spacial score (nSPS) is 17.3. The van der Waals surface area contributed by atoms with Crippen molar-refractivity contribution in [3.05, 3.63) is 35.4 Å². The lowest BCUT2D eigenvalue weighted by Gasteiger charge is -2.35. The molecule has 1 aromatic carbocycles. The summed E-state index contributed by atoms with van der Waals surface area (Å²) in [5, 5.41) is 6.06. The van der Waals surface area contributed by atoms with Crippen LogP contribution >= 0.6 is 0 Å². The number of amides is 2. The van der Waals surface area contributed by atoms with Crippen molar-refractivity contribution < 1.29 is 19.1 Å². The summed E-state index contributed by atoms with van der Waals surface area (Å²) < 4.78 is 4.69. The molecule has 2 unspecified atom stereocenters. The second-order valence-electron chi connectivity index (χ2n) is 8.43. The van der Waals surface area contributed by atoms with Crippen LogP contribution in [0.3, 0.4) is 0 Å². The van der Waals surface area contributed by atoms with Gasteiger partial charge in [-0.2, -0.15) is 0 Å². The first-order valence-electron chi connectivity index (χ1n) is 10.7. The van der Waals surface area contributed by atoms with Crippen LogP contribution in [-0.2, 0) is 20.9 Å². The Balaban J connectivity index is 1.78. The molecule has 7 heteroatoms. The zero-order valence-electron chi connectivity index (χ0n) is 18.7. The molecule has 1 saturated heterocycles. The Bertz CT molecular complexity index is 724. The molecule has 0 radical (unpaired) electrons. The van der Waals surface area contributed by atoms with Crippen molar-refractivity contribution in [3.63, 3.8) is 0 Å². The van der Waals surface area contributed by atoms with Gasteiger partial charge in [0.1, 0.15) is 0 Å². The highest BCUT2D eigenvalue weighted by Gasteiger charge is 2.30. The van der Waals surface area contributed by atoms with E-state index >= 15 is 0 Å². The summed E-state index contributed by atoms with van der Waals surface area (Å²) in [4.78, 5) is 38.6. The van der Waals surface area contributed by atoms with Crippen LogP contribution in [0.1, 0.15) is 56.5 Å². The van der Waals surface area contributed by atoms with E-state index in [1.807, 2.05) is 13.8 Å². The summed E-state index contributed by atoms with van der Waals surface area (Å²) in [6, 6.07) is 6.90. The molecule has 1 aromatic rings. The SMILES string of the molecule is COC(=O)c1ccc(CNC(=O)C(C)N2CCC(C(=O)NC(C)C(C)C)CC2)cc1. The number of methoxy groups -OCH3 is 1. The van der Waals surface area contributed by atoms with Gasteiger partial charge in [-0.1, -0.05) is 26.0 Å². The van der Waals surface area contributed by atoms with Crippen molar-refractivity contribution in [2.45, 2.75) is 59.2 Å². The lowest BCUT2D eigenvalue weighted by molar-refractivity contribution is -0.129. The van der Waals surface area contributed by atoms with E-state index in [0.29, 0.717) is 18.0 Å². The van der Waals surface area contributed by atoms with Crippen LogP contribution in [-0.4, -0.2) is 55.0 Å². The number of esters is 1. The molecule has 1 fully saturated rings. The quantitative estimate of drug-likeness (QED) is 0.634. The Morgan fingerprint density at radius 2 is 1.67 bits per heavy atom. The molecule has 1 aliphatic heterocycles. The topological polar surface area (TPSA) is 87.7 Å². The minimum absolute atomic E-state index is 0.0195. The molecule has 2 N–H and O–H groups in total. The highest BCUT2D eigenvalue weighted by molar-refractivity contribution is 5.89. The average Bonchev–Trinajstić information content (AvgIpc) is 2.76. The predicted octanol–water partition coefficient (Wildman–Crippen LogP) is 2.35. The number of nitrogens with zero attached hydrogens (tertiary/aromatic N) is 1. The molecule has 0 bridgehead atoms. The third kappa shape index (κ3) is 6.55. The first-order chi connectivity index (χ1) is 14.2. The largest absolute Gasteiger partial charge is 0.465 e. The van der Waals surface area contributed by atoms with Gasteiger partial charge in [-0.05, 0) is 63.4 Å². The standard InChI is InChI=1S/C23H35N3O4/c1-15(2)16(3)25-22(28)19-10-12-26(13-11-19)17(4)21(27)24-14-18-6-8-20(9-7-18)23(29)30-5/h6-9,15-17,19H,10-14H2,1-5H3,(H,24,27)(H,25,28). The van der Waals surface area contributed by atoms with Crippen LogP contribution in [0.5, 0.6) is 0 Å². The van der Waals surface area contributed by atoms with E-state index in [9.17, 15) is 14.4 Å². The number of hydrogen-bond acceptors (Lipinski definition) is 5. The van der Waals surface area contributed by atoms with E-state index in [1.54, 1.807) is 24.3 Å². The first-order valence-corrected chi connectivity index (χ1v) is 10.7. The molecule has 2 amide bonds. The maximum Gasteiger partial charge on any atom is 0.337 e. The van der Waals surface area contributed by atoms with Crippen molar-refractivity contribution >= 4 is 17.8 Å². The van der Waals surface area contributed by atoms with Gasteiger partial charge in [-0.15, -0.1) is 0 Å². The van der Waals surface area contributed by atoms with Crippen LogP contribution in [0.25, 0.3) is 0 Å². The van der Waals surface area contributed by atoms with Crippen LogP contribution in [0, 0.1) is 11.8 Å². The number of likely N-dealkylation sites (tertiary alicyclic amines) is 1. The van der Waals surface area contributed by atoms with Crippen molar-refractivity contribution in [3.8, 4) is 0 Å². The van der Waals surface area contributed by atoms with Gasteiger partial charge in [-0.25, -0.2) is 4.79 Å². The monoisotopic (exact) mass is 417 g/mol. The number of benzene rings is 1. The number of piperidine rings is 1. The molecule has 0 aliphatic carbocycles. The minimum atomic E-state index is -0.380. The molecule has 2 rings (SSSR count). The highest BCUT2D eigenvalue weighted by atomic mass is 16.5. The maximum atomic E-state index is 12.6. The Hall–Kier alpha value is -2.41. The molecule has 2 atom stereocenters. The molecule has 1 heterocycles. The van der Waals surface area contributed by atoms with Crippen LogP contribution in [0.15, 0.2) is 24.3 Å². The zero-order valence-corrected chi connectivity index (χ0v) is 18.7. The second kappa shape index (κ2) is 11.1. The first kappa shape index (κ1) is 23.9. The Morgan fingerprint density at radius 3 is 2.20 bits per heavy atom. The van der Waals surface area contributed by atoms with Gasteiger partial charge in [-0.3, -0.25) is 14.5 Å². The molecule has 0 spiro atoms. The molecule has 7 nitrogen and oxygen atoms in total. The summed E-state index contributed by atoms with van der Waals surface area (Å²) in [6.07, 6.45) is 1.53. The number of hydrogen-bond donors (Lipinski definition) is 2. The van der Waals surface area contributed by atoms with Crippen molar-refractivity contribution in [2.75, 3.05) is 20.2 Å². The summed E-state index contributed by atoms with van der Waals surface area (Å²) in [7, 11) is 1.35. The number of carbonyl (C=O) groups is 3. The summed E-state index contributed by atoms with van der Waals surface area (Å²) in [5.41, 5.74) is 1.40. The minimum Gasteiger partial charge on any atom is -0.465 e. The summed E-state index contributed by atoms with van der Waals surface area (Å²) >= 11 is 0. The van der Waals surface area contributed by atoms with Crippen LogP contribution in [0.2, 0.25) is 0 Å². The lowest BCUT2D eigenvalue weighted by atomic mass is 9.94. The molecule has 30 heavy (non-hydrogen) atoms. The van der Waals surface area contributed by atoms with Crippen molar-refractivity contribution in [1.82, 2.24) is 15.5 Å². The maximum absolute atomic E-state index is 12.6.